The quantitative estimate of drug-likeness (QED) is 0.846. The molecule has 1 fully saturated rings. The topological polar surface area (TPSA) is 49.8 Å². The molecule has 0 aliphatic heterocycles. The van der Waals surface area contributed by atoms with E-state index in [0.717, 1.165) is 22.8 Å². The lowest BCUT2D eigenvalue weighted by atomic mass is 10.2. The van der Waals surface area contributed by atoms with Gasteiger partial charge in [-0.05, 0) is 41.6 Å². The molecule has 4 nitrogen and oxygen atoms in total. The Kier molecular flexibility index (Phi) is 4.20. The van der Waals surface area contributed by atoms with Gasteiger partial charge in [0.2, 0.25) is 5.95 Å². The van der Waals surface area contributed by atoms with E-state index in [9.17, 15) is 0 Å². The number of hydrogen-bond acceptors (Lipinski definition) is 4. The second kappa shape index (κ2) is 5.67. The van der Waals surface area contributed by atoms with Gasteiger partial charge < -0.3 is 10.6 Å². The molecule has 2 N–H and O–H groups in total. The lowest BCUT2D eigenvalue weighted by Crippen LogP contribution is -2.10. The van der Waals surface area contributed by atoms with E-state index in [4.69, 9.17) is 0 Å². The van der Waals surface area contributed by atoms with Crippen molar-refractivity contribution in [3.05, 3.63) is 10.7 Å². The molecular formula is C12H19BrN4. The van der Waals surface area contributed by atoms with Crippen molar-refractivity contribution in [3.8, 4) is 0 Å². The number of anilines is 2. The van der Waals surface area contributed by atoms with Crippen LogP contribution in [0.5, 0.6) is 0 Å². The monoisotopic (exact) mass is 298 g/mol. The summed E-state index contributed by atoms with van der Waals surface area (Å²) in [7, 11) is 0. The van der Waals surface area contributed by atoms with Gasteiger partial charge in [0, 0.05) is 18.8 Å². The van der Waals surface area contributed by atoms with Gasteiger partial charge >= 0.3 is 0 Å². The van der Waals surface area contributed by atoms with Crippen molar-refractivity contribution in [3.63, 3.8) is 0 Å². The van der Waals surface area contributed by atoms with Crippen LogP contribution in [-0.2, 0) is 0 Å². The minimum absolute atomic E-state index is 0.593. The summed E-state index contributed by atoms with van der Waals surface area (Å²) in [6.07, 6.45) is 5.63. The van der Waals surface area contributed by atoms with E-state index in [1.54, 1.807) is 6.20 Å². The highest BCUT2D eigenvalue weighted by molar-refractivity contribution is 9.10. The Morgan fingerprint density at radius 2 is 2.29 bits per heavy atom. The first-order chi connectivity index (χ1) is 8.24. The van der Waals surface area contributed by atoms with Crippen LogP contribution in [-0.4, -0.2) is 22.6 Å². The van der Waals surface area contributed by atoms with Gasteiger partial charge in [0.15, 0.2) is 0 Å². The predicted molar refractivity (Wildman–Crippen MR) is 74.3 cm³/mol. The van der Waals surface area contributed by atoms with E-state index in [2.05, 4.69) is 43.5 Å². The SMILES string of the molecule is CCCC1CC1Nc1nc(NCC)ncc1Br. The molecule has 2 unspecified atom stereocenters. The van der Waals surface area contributed by atoms with Gasteiger partial charge in [0.1, 0.15) is 5.82 Å². The Labute approximate surface area is 111 Å². The minimum Gasteiger partial charge on any atom is -0.366 e. The van der Waals surface area contributed by atoms with Crippen LogP contribution in [0.4, 0.5) is 11.8 Å². The van der Waals surface area contributed by atoms with E-state index in [1.807, 2.05) is 6.92 Å². The first kappa shape index (κ1) is 12.6. The van der Waals surface area contributed by atoms with Gasteiger partial charge in [-0.1, -0.05) is 13.3 Å². The molecule has 1 saturated carbocycles. The summed E-state index contributed by atoms with van der Waals surface area (Å²) in [5, 5.41) is 6.60. The molecular weight excluding hydrogens is 280 g/mol. The molecule has 1 aliphatic rings. The number of rotatable bonds is 6. The van der Waals surface area contributed by atoms with Crippen molar-refractivity contribution in [2.24, 2.45) is 5.92 Å². The van der Waals surface area contributed by atoms with Gasteiger partial charge in [0.25, 0.3) is 0 Å². The molecule has 0 spiro atoms. The van der Waals surface area contributed by atoms with Crippen LogP contribution in [0.3, 0.4) is 0 Å². The molecule has 5 heteroatoms. The third-order valence-electron chi connectivity index (χ3n) is 2.98. The molecule has 1 aromatic rings. The van der Waals surface area contributed by atoms with E-state index < -0.39 is 0 Å². The maximum atomic E-state index is 4.46. The van der Waals surface area contributed by atoms with Crippen LogP contribution in [0.15, 0.2) is 10.7 Å². The number of nitrogens with zero attached hydrogens (tertiary/aromatic N) is 2. The molecule has 0 aromatic carbocycles. The average molecular weight is 299 g/mol. The van der Waals surface area contributed by atoms with Crippen molar-refractivity contribution < 1.29 is 0 Å². The highest BCUT2D eigenvalue weighted by Crippen LogP contribution is 2.38. The first-order valence-electron chi connectivity index (χ1n) is 6.27. The van der Waals surface area contributed by atoms with Crippen LogP contribution >= 0.6 is 15.9 Å². The summed E-state index contributed by atoms with van der Waals surface area (Å²) in [5.41, 5.74) is 0. The highest BCUT2D eigenvalue weighted by Gasteiger charge is 2.36. The molecule has 17 heavy (non-hydrogen) atoms. The molecule has 2 rings (SSSR count). The lowest BCUT2D eigenvalue weighted by molar-refractivity contribution is 0.692. The van der Waals surface area contributed by atoms with Gasteiger partial charge in [-0.25, -0.2) is 4.98 Å². The maximum absolute atomic E-state index is 4.46. The summed E-state index contributed by atoms with van der Waals surface area (Å²) < 4.78 is 0.932. The smallest absolute Gasteiger partial charge is 0.224 e. The normalized spacial score (nSPS) is 22.3. The van der Waals surface area contributed by atoms with Gasteiger partial charge in [-0.3, -0.25) is 0 Å². The van der Waals surface area contributed by atoms with Crippen molar-refractivity contribution in [1.29, 1.82) is 0 Å². The van der Waals surface area contributed by atoms with E-state index in [-0.39, 0.29) is 0 Å². The summed E-state index contributed by atoms with van der Waals surface area (Å²) in [5.74, 6) is 2.41. The molecule has 0 radical (unpaired) electrons. The molecule has 0 amide bonds. The average Bonchev–Trinajstić information content (AvgIpc) is 3.02. The van der Waals surface area contributed by atoms with Gasteiger partial charge in [-0.15, -0.1) is 0 Å². The molecule has 1 aromatic heterocycles. The fraction of sp³-hybridized carbons (Fsp3) is 0.667. The Hall–Kier alpha value is -0.840. The Morgan fingerprint density at radius 3 is 3.00 bits per heavy atom. The Balaban J connectivity index is 1.98. The highest BCUT2D eigenvalue weighted by atomic mass is 79.9. The van der Waals surface area contributed by atoms with Crippen LogP contribution in [0.2, 0.25) is 0 Å². The molecule has 0 saturated heterocycles. The van der Waals surface area contributed by atoms with Gasteiger partial charge in [-0.2, -0.15) is 4.98 Å². The standard InChI is InChI=1S/C12H19BrN4/c1-3-5-8-6-10(8)16-11-9(13)7-15-12(17-11)14-4-2/h7-8,10H,3-6H2,1-2H3,(H2,14,15,16,17). The fourth-order valence-electron chi connectivity index (χ4n) is 2.00. The third kappa shape index (κ3) is 3.31. The van der Waals surface area contributed by atoms with Crippen molar-refractivity contribution in [1.82, 2.24) is 9.97 Å². The number of halogens is 1. The molecule has 1 heterocycles. The summed E-state index contributed by atoms with van der Waals surface area (Å²) in [6.45, 7) is 5.11. The van der Waals surface area contributed by atoms with Crippen molar-refractivity contribution in [2.75, 3.05) is 17.2 Å². The van der Waals surface area contributed by atoms with E-state index in [1.165, 1.54) is 19.3 Å². The fourth-order valence-corrected chi connectivity index (χ4v) is 2.31. The maximum Gasteiger partial charge on any atom is 0.224 e. The summed E-state index contributed by atoms with van der Waals surface area (Å²) in [6, 6.07) is 0.593. The number of nitrogens with one attached hydrogen (secondary N) is 2. The molecule has 2 atom stereocenters. The number of hydrogen-bond donors (Lipinski definition) is 2. The summed E-state index contributed by atoms with van der Waals surface area (Å²) in [4.78, 5) is 8.66. The zero-order valence-electron chi connectivity index (χ0n) is 10.3. The third-order valence-corrected chi connectivity index (χ3v) is 3.56. The van der Waals surface area contributed by atoms with Crippen molar-refractivity contribution >= 4 is 27.7 Å². The Bertz CT molecular complexity index is 383. The van der Waals surface area contributed by atoms with Crippen LogP contribution in [0, 0.1) is 5.92 Å². The van der Waals surface area contributed by atoms with Crippen LogP contribution < -0.4 is 10.6 Å². The predicted octanol–water partition coefficient (Wildman–Crippen LogP) is 3.27. The minimum atomic E-state index is 0.593. The second-order valence-corrected chi connectivity index (χ2v) is 5.31. The Morgan fingerprint density at radius 1 is 1.47 bits per heavy atom. The largest absolute Gasteiger partial charge is 0.366 e. The first-order valence-corrected chi connectivity index (χ1v) is 7.06. The van der Waals surface area contributed by atoms with E-state index in [0.29, 0.717) is 12.0 Å². The zero-order chi connectivity index (χ0) is 12.3. The van der Waals surface area contributed by atoms with Crippen LogP contribution in [0.25, 0.3) is 0 Å². The molecule has 94 valence electrons. The number of aromatic nitrogens is 2. The second-order valence-electron chi connectivity index (χ2n) is 4.46. The van der Waals surface area contributed by atoms with Gasteiger partial charge in [0.05, 0.1) is 4.47 Å². The van der Waals surface area contributed by atoms with E-state index >= 15 is 0 Å². The lowest BCUT2D eigenvalue weighted by Gasteiger charge is -2.09. The summed E-state index contributed by atoms with van der Waals surface area (Å²) >= 11 is 3.48. The van der Waals surface area contributed by atoms with Crippen LogP contribution in [0.1, 0.15) is 33.1 Å². The van der Waals surface area contributed by atoms with Crippen molar-refractivity contribution in [2.45, 2.75) is 39.2 Å². The molecule has 1 aliphatic carbocycles. The molecule has 0 bridgehead atoms. The zero-order valence-corrected chi connectivity index (χ0v) is 11.9.